The van der Waals surface area contributed by atoms with Crippen molar-refractivity contribution in [1.82, 2.24) is 0 Å². The Hall–Kier alpha value is 4.98. The molecule has 0 bridgehead atoms. The summed E-state index contributed by atoms with van der Waals surface area (Å²) in [4.78, 5) is 0. The number of hydrogen-bond acceptors (Lipinski definition) is 0. The van der Waals surface area contributed by atoms with Gasteiger partial charge in [-0.05, 0) is 5.56 Å². The number of benzene rings is 1. The highest BCUT2D eigenvalue weighted by molar-refractivity contribution is 14.4. The van der Waals surface area contributed by atoms with Gasteiger partial charge >= 0.3 is 0 Å². The highest BCUT2D eigenvalue weighted by Crippen LogP contribution is 2.60. The molecule has 1 aromatic carbocycles. The molecule has 0 aliphatic rings. The second-order valence-electron chi connectivity index (χ2n) is 4.64. The summed E-state index contributed by atoms with van der Waals surface area (Å²) in [5.41, 5.74) is 1.51. The SMILES string of the molecule is CC(C)(c1ccccc1)[Si](I)(I)[Si](I)(I)[Si](I)(I)I. The molecule has 0 saturated heterocycles. The fraction of sp³-hybridized carbons (Fsp3) is 0.333. The molecule has 0 amide bonds. The van der Waals surface area contributed by atoms with Crippen molar-refractivity contribution in [2.24, 2.45) is 0 Å². The van der Waals surface area contributed by atoms with Crippen molar-refractivity contribution in [3.63, 3.8) is 0 Å². The van der Waals surface area contributed by atoms with Crippen molar-refractivity contribution in [1.29, 1.82) is 0 Å². The van der Waals surface area contributed by atoms with Gasteiger partial charge in [0.05, 0.1) is 0 Å². The van der Waals surface area contributed by atoms with Crippen molar-refractivity contribution in [2.75, 3.05) is 0 Å². The van der Waals surface area contributed by atoms with Gasteiger partial charge in [-0.15, -0.1) is 87.2 Å². The lowest BCUT2D eigenvalue weighted by Crippen LogP contribution is -2.65. The lowest BCUT2D eigenvalue weighted by atomic mass is 10.0. The van der Waals surface area contributed by atoms with E-state index in [0.717, 1.165) is 0 Å². The zero-order valence-electron chi connectivity index (χ0n) is 10.0. The van der Waals surface area contributed by atoms with Gasteiger partial charge in [-0.2, -0.15) is 0 Å². The highest BCUT2D eigenvalue weighted by atomic mass is 127. The van der Waals surface area contributed by atoms with E-state index in [9.17, 15) is 0 Å². The molecule has 1 aromatic rings. The summed E-state index contributed by atoms with van der Waals surface area (Å²) in [6, 6.07) is 11.1. The molecule has 0 nitrogen and oxygen atoms in total. The van der Waals surface area contributed by atoms with Crippen LogP contribution in [-0.4, -0.2) is 4.77 Å². The maximum Gasteiger partial charge on any atom is 0.263 e. The summed E-state index contributed by atoms with van der Waals surface area (Å²) < 4.78 is -3.94. The predicted octanol–water partition coefficient (Wildman–Crippen LogP) is 7.53. The van der Waals surface area contributed by atoms with Gasteiger partial charge in [-0.1, -0.05) is 110 Å². The molecular formula is C9H11I7Si3. The van der Waals surface area contributed by atoms with E-state index in [1.54, 1.807) is 0 Å². The Morgan fingerprint density at radius 3 is 1.58 bits per heavy atom. The highest BCUT2D eigenvalue weighted by Gasteiger charge is 2.67. The monoisotopic (exact) mass is 1090 g/mol. The van der Waals surface area contributed by atoms with Gasteiger partial charge < -0.3 is 0 Å². The fourth-order valence-corrected chi connectivity index (χ4v) is 165. The van der Waals surface area contributed by atoms with Crippen molar-refractivity contribution in [3.05, 3.63) is 35.9 Å². The molecule has 0 aliphatic heterocycles. The van der Waals surface area contributed by atoms with Gasteiger partial charge in [0.2, 0.25) is 4.69 Å². The van der Waals surface area contributed by atoms with Gasteiger partial charge in [-0.25, -0.2) is 0 Å². The standard InChI is InChI=1S/C9H11I7Si3/c1-9(2,8-6-4-3-5-7-8)17(10,11)19(15,16)18(12,13)14/h3-7H,1-2H3. The molecule has 0 radical (unpaired) electrons. The van der Waals surface area contributed by atoms with Crippen LogP contribution in [0.4, 0.5) is 0 Å². The van der Waals surface area contributed by atoms with Crippen molar-refractivity contribution < 1.29 is 0 Å². The van der Waals surface area contributed by atoms with Crippen LogP contribution in [0.25, 0.3) is 0 Å². The quantitative estimate of drug-likeness (QED) is 0.167. The van der Waals surface area contributed by atoms with Crippen LogP contribution < -0.4 is 0 Å². The third-order valence-electron chi connectivity index (χ3n) is 3.03. The lowest BCUT2D eigenvalue weighted by molar-refractivity contribution is 0.756. The Kier molecular flexibility index (Phi) is 9.41. The van der Waals surface area contributed by atoms with E-state index < -0.39 is 4.77 Å². The molecule has 0 atom stereocenters. The Morgan fingerprint density at radius 1 is 0.789 bits per heavy atom. The van der Waals surface area contributed by atoms with E-state index >= 15 is 0 Å². The number of halogens is 7. The molecule has 1 rings (SSSR count). The van der Waals surface area contributed by atoms with E-state index in [2.05, 4.69) is 197 Å². The van der Waals surface area contributed by atoms with Crippen LogP contribution in [0.15, 0.2) is 30.3 Å². The zero-order valence-corrected chi connectivity index (χ0v) is 28.1. The van der Waals surface area contributed by atoms with E-state index in [0.29, 0.717) is 5.04 Å². The average Bonchev–Trinajstić information content (AvgIpc) is 2.28. The van der Waals surface area contributed by atoms with Crippen LogP contribution in [0, 0.1) is 0 Å². The van der Waals surface area contributed by atoms with Crippen LogP contribution in [0.5, 0.6) is 0 Å². The molecule has 0 spiro atoms. The van der Waals surface area contributed by atoms with Gasteiger partial charge in [0, 0.05) is 5.04 Å². The first-order chi connectivity index (χ1) is 8.36. The molecule has 10 heteroatoms. The third kappa shape index (κ3) is 4.78. The molecule has 0 N–H and O–H groups in total. The first-order valence-corrected chi connectivity index (χ1v) is 35.0. The molecule has 19 heavy (non-hydrogen) atoms. The molecule has 0 saturated carbocycles. The Morgan fingerprint density at radius 2 is 1.21 bits per heavy atom. The Balaban J connectivity index is 3.34. The lowest BCUT2D eigenvalue weighted by Gasteiger charge is -2.45. The van der Waals surface area contributed by atoms with Gasteiger partial charge in [0.25, 0.3) is 0.0813 Å². The largest absolute Gasteiger partial charge is 0.263 e. The van der Waals surface area contributed by atoms with Gasteiger partial charge in [0.15, 0.2) is 0 Å². The van der Waals surface area contributed by atoms with Crippen molar-refractivity contribution in [3.8, 4) is 0 Å². The first kappa shape index (κ1) is 22.0. The topological polar surface area (TPSA) is 0 Å². The normalized spacial score (nSPS) is 14.6. The summed E-state index contributed by atoms with van der Waals surface area (Å²) in [5, 5.41) is 0.309. The molecular weight excluding hydrogens is 1080 g/mol. The van der Waals surface area contributed by atoms with E-state index in [-0.39, 0.29) is 0 Å². The smallest absolute Gasteiger partial charge is 0.107 e. The van der Waals surface area contributed by atoms with Crippen LogP contribution in [0.3, 0.4) is 0 Å². The minimum absolute atomic E-state index is 0.309. The van der Waals surface area contributed by atoms with Gasteiger partial charge in [0.1, 0.15) is 0 Å². The summed E-state index contributed by atoms with van der Waals surface area (Å²) in [7, 11) is 0. The fourth-order valence-electron chi connectivity index (χ4n) is 1.61. The van der Waals surface area contributed by atoms with Gasteiger partial charge in [-0.3, -0.25) is 0 Å². The molecule has 108 valence electrons. The second kappa shape index (κ2) is 8.12. The van der Waals surface area contributed by atoms with Crippen molar-refractivity contribution in [2.45, 2.75) is 18.9 Å². The summed E-state index contributed by atoms with van der Waals surface area (Å²) in [6.45, 7) is 4.94. The first-order valence-electron chi connectivity index (χ1n) is 5.23. The Bertz CT molecular complexity index is 441. The summed E-state index contributed by atoms with van der Waals surface area (Å²) in [6.07, 6.45) is 0. The molecule has 0 aromatic heterocycles. The molecule has 0 fully saturated rings. The second-order valence-corrected chi connectivity index (χ2v) is 112. The van der Waals surface area contributed by atoms with Crippen LogP contribution in [-0.2, 0) is 5.04 Å². The van der Waals surface area contributed by atoms with E-state index in [4.69, 9.17) is 0 Å². The third-order valence-corrected chi connectivity index (χ3v) is 209. The maximum absolute atomic E-state index is 2.89. The van der Waals surface area contributed by atoms with Crippen LogP contribution in [0.2, 0.25) is 0 Å². The Labute approximate surface area is 207 Å². The zero-order chi connectivity index (χ0) is 15.1. The summed E-state index contributed by atoms with van der Waals surface area (Å²) >= 11 is 19.9. The van der Waals surface area contributed by atoms with E-state index in [1.165, 1.54) is 5.56 Å². The minimum atomic E-state index is -1.44. The number of rotatable bonds is 4. The minimum Gasteiger partial charge on any atom is -0.107 e. The van der Waals surface area contributed by atoms with Crippen LogP contribution in [0.1, 0.15) is 19.4 Å². The molecule has 0 heterocycles. The average molecular weight is 1090 g/mol. The predicted molar refractivity (Wildman–Crippen MR) is 155 cm³/mol. The summed E-state index contributed by atoms with van der Waals surface area (Å²) in [5.74, 6) is 0. The number of hydrogen-bond donors (Lipinski definition) is 0. The van der Waals surface area contributed by atoms with E-state index in [1.807, 2.05) is 0 Å². The molecule has 0 aliphatic carbocycles. The maximum atomic E-state index is 2.89. The molecule has 0 unspecified atom stereocenters. The van der Waals surface area contributed by atoms with Crippen LogP contribution >= 0.6 is 153 Å². The van der Waals surface area contributed by atoms with Crippen molar-refractivity contribution >= 4 is 157 Å².